The lowest BCUT2D eigenvalue weighted by Crippen LogP contribution is -2.14. The summed E-state index contributed by atoms with van der Waals surface area (Å²) < 4.78 is 13.0. The minimum Gasteiger partial charge on any atom is -0.397 e. The predicted molar refractivity (Wildman–Crippen MR) is 150 cm³/mol. The molecule has 0 fully saturated rings. The van der Waals surface area contributed by atoms with Crippen molar-refractivity contribution in [2.24, 2.45) is 11.8 Å². The van der Waals surface area contributed by atoms with Crippen molar-refractivity contribution in [3.63, 3.8) is 0 Å². The molecule has 0 radical (unpaired) electrons. The number of carbonyl (C=O) groups is 2. The van der Waals surface area contributed by atoms with Crippen LogP contribution < -0.4 is 11.5 Å². The average molecular weight is 525 g/mol. The van der Waals surface area contributed by atoms with Crippen molar-refractivity contribution in [1.29, 1.82) is 0 Å². The minimum atomic E-state index is -0.484. The van der Waals surface area contributed by atoms with Crippen LogP contribution in [0.3, 0.4) is 0 Å². The molecule has 0 amide bonds. The third-order valence-corrected chi connectivity index (χ3v) is 5.39. The van der Waals surface area contributed by atoms with Crippen LogP contribution >= 0.6 is 24.4 Å². The number of rotatable bonds is 6. The number of hydrogen-bond acceptors (Lipinski definition) is 8. The van der Waals surface area contributed by atoms with Gasteiger partial charge in [-0.1, -0.05) is 55.4 Å². The van der Waals surface area contributed by atoms with Gasteiger partial charge >= 0.3 is 0 Å². The number of hydrogen-bond donors (Lipinski definition) is 3. The number of thioether (sulfide) groups is 1. The summed E-state index contributed by atoms with van der Waals surface area (Å²) in [6.07, 6.45) is 0. The molecule has 0 aliphatic rings. The second-order valence-corrected chi connectivity index (χ2v) is 12.0. The van der Waals surface area contributed by atoms with Gasteiger partial charge in [-0.05, 0) is 25.2 Å². The minimum absolute atomic E-state index is 0.00620. The zero-order valence-corrected chi connectivity index (χ0v) is 24.3. The number of carbonyl (C=O) groups excluding carboxylic acids is 2. The van der Waals surface area contributed by atoms with Crippen LogP contribution in [0.1, 0.15) is 87.8 Å². The van der Waals surface area contributed by atoms with Crippen LogP contribution in [-0.4, -0.2) is 32.0 Å². The Labute approximate surface area is 219 Å². The zero-order chi connectivity index (χ0) is 27.6. The molecule has 0 unspecified atom stereocenters. The molecule has 196 valence electrons. The maximum absolute atomic E-state index is 13.0. The van der Waals surface area contributed by atoms with Crippen molar-refractivity contribution in [3.05, 3.63) is 40.7 Å². The number of ketones is 2. The number of nitrogens with two attached hydrogens (primary N) is 2. The van der Waals surface area contributed by atoms with E-state index < -0.39 is 5.82 Å². The lowest BCUT2D eigenvalue weighted by molar-refractivity contribution is 0.0928. The first-order valence-electron chi connectivity index (χ1n) is 11.6. The first-order valence-corrected chi connectivity index (χ1v) is 13.0. The van der Waals surface area contributed by atoms with Gasteiger partial charge in [0.05, 0.1) is 22.8 Å². The molecule has 2 aromatic heterocycles. The molecule has 0 saturated heterocycles. The van der Waals surface area contributed by atoms with E-state index >= 15 is 0 Å². The highest BCUT2D eigenvalue weighted by atomic mass is 32.2. The highest BCUT2D eigenvalue weighted by Crippen LogP contribution is 2.29. The Hall–Kier alpha value is -2.13. The van der Waals surface area contributed by atoms with Gasteiger partial charge in [0.2, 0.25) is 0 Å². The molecular weight excluding hydrogens is 483 g/mol. The molecule has 0 atom stereocenters. The number of aryl methyl sites for hydroxylation is 2. The van der Waals surface area contributed by atoms with E-state index in [2.05, 4.69) is 36.4 Å². The molecule has 0 aromatic carbocycles. The van der Waals surface area contributed by atoms with Crippen LogP contribution in [0.5, 0.6) is 0 Å². The van der Waals surface area contributed by atoms with Crippen molar-refractivity contribution >= 4 is 47.3 Å². The summed E-state index contributed by atoms with van der Waals surface area (Å²) in [5.74, 6) is -0.900. The van der Waals surface area contributed by atoms with E-state index in [-0.39, 0.29) is 40.5 Å². The first kappa shape index (κ1) is 32.9. The molecule has 0 spiro atoms. The van der Waals surface area contributed by atoms with Crippen molar-refractivity contribution in [3.8, 4) is 0 Å². The van der Waals surface area contributed by atoms with Crippen LogP contribution in [0, 0.1) is 31.5 Å². The Morgan fingerprint density at radius 2 is 1.20 bits per heavy atom. The van der Waals surface area contributed by atoms with E-state index in [0.717, 1.165) is 16.7 Å². The molecule has 4 N–H and O–H groups in total. The summed E-state index contributed by atoms with van der Waals surface area (Å²) in [5.41, 5.74) is 13.6. The number of anilines is 2. The summed E-state index contributed by atoms with van der Waals surface area (Å²) >= 11 is 5.68. The first-order chi connectivity index (χ1) is 16.0. The van der Waals surface area contributed by atoms with Crippen LogP contribution in [0.15, 0.2) is 17.0 Å². The van der Waals surface area contributed by atoms with Crippen LogP contribution in [0.4, 0.5) is 15.8 Å². The van der Waals surface area contributed by atoms with Gasteiger partial charge in [-0.2, -0.15) is 12.6 Å². The number of nitrogen functional groups attached to an aromatic ring is 2. The van der Waals surface area contributed by atoms with Gasteiger partial charge < -0.3 is 11.5 Å². The molecule has 2 aromatic rings. The molecule has 0 saturated carbocycles. The maximum Gasteiger partial charge on any atom is 0.185 e. The SMILES string of the molecule is CC(C)S.Cc1nc(C(=O)C(C)C)c(N)cc1F.Cc1nc(C(=O)C(C)C)c(N)cc1SC(C)C. The average Bonchev–Trinajstić information content (AvgIpc) is 2.71. The van der Waals surface area contributed by atoms with Crippen molar-refractivity contribution in [2.75, 3.05) is 11.5 Å². The molecule has 0 bridgehead atoms. The molecule has 2 rings (SSSR count). The number of halogens is 1. The molecule has 0 aliphatic heterocycles. The van der Waals surface area contributed by atoms with Crippen LogP contribution in [-0.2, 0) is 0 Å². The number of pyridine rings is 2. The molecular formula is C26H41FN4O2S2. The second kappa shape index (κ2) is 15.1. The zero-order valence-electron chi connectivity index (χ0n) is 22.6. The molecule has 35 heavy (non-hydrogen) atoms. The quantitative estimate of drug-likeness (QED) is 0.222. The lowest BCUT2D eigenvalue weighted by Gasteiger charge is -2.12. The second-order valence-electron chi connectivity index (χ2n) is 9.30. The van der Waals surface area contributed by atoms with Gasteiger partial charge in [0.15, 0.2) is 11.6 Å². The fourth-order valence-electron chi connectivity index (χ4n) is 2.51. The summed E-state index contributed by atoms with van der Waals surface area (Å²) in [6.45, 7) is 18.9. The van der Waals surface area contributed by atoms with Crippen LogP contribution in [0.25, 0.3) is 0 Å². The Kier molecular flexibility index (Phi) is 14.2. The van der Waals surface area contributed by atoms with Gasteiger partial charge in [-0.25, -0.2) is 14.4 Å². The molecule has 0 aliphatic carbocycles. The standard InChI is InChI=1S/C13H20N2OS.C10H13FN2O.C3H8S/c1-7(2)13(16)12-10(14)6-11(9(5)15-12)17-8(3)4;1-5(2)10(14)9-8(12)4-7(11)6(3)13-9;1-3(2)4/h6-8H,14H2,1-5H3;4-5H,12H2,1-3H3;3-4H,1-2H3. The van der Waals surface area contributed by atoms with E-state index in [1.54, 1.807) is 25.6 Å². The highest BCUT2D eigenvalue weighted by Gasteiger charge is 2.18. The maximum atomic E-state index is 13.0. The van der Waals surface area contributed by atoms with Gasteiger partial charge in [-0.15, -0.1) is 11.8 Å². The Morgan fingerprint density at radius 3 is 1.57 bits per heavy atom. The summed E-state index contributed by atoms with van der Waals surface area (Å²) in [6, 6.07) is 3.00. The normalized spacial score (nSPS) is 10.7. The summed E-state index contributed by atoms with van der Waals surface area (Å²) in [4.78, 5) is 32.7. The van der Waals surface area contributed by atoms with E-state index in [1.165, 1.54) is 6.92 Å². The monoisotopic (exact) mass is 524 g/mol. The van der Waals surface area contributed by atoms with Gasteiger partial charge in [-0.3, -0.25) is 9.59 Å². The topological polar surface area (TPSA) is 112 Å². The largest absolute Gasteiger partial charge is 0.397 e. The summed E-state index contributed by atoms with van der Waals surface area (Å²) in [7, 11) is 0. The number of aromatic nitrogens is 2. The van der Waals surface area contributed by atoms with E-state index in [9.17, 15) is 14.0 Å². The Morgan fingerprint density at radius 1 is 0.829 bits per heavy atom. The number of Topliss-reactive ketones (excluding diaryl/α,β-unsaturated/α-hetero) is 2. The van der Waals surface area contributed by atoms with Crippen molar-refractivity contribution in [2.45, 2.75) is 84.6 Å². The van der Waals surface area contributed by atoms with Gasteiger partial charge in [0, 0.05) is 28.0 Å². The van der Waals surface area contributed by atoms with Crippen LogP contribution in [0.2, 0.25) is 0 Å². The van der Waals surface area contributed by atoms with Gasteiger partial charge in [0.25, 0.3) is 0 Å². The molecule has 2 heterocycles. The van der Waals surface area contributed by atoms with Gasteiger partial charge in [0.1, 0.15) is 17.2 Å². The van der Waals surface area contributed by atoms with Crippen molar-refractivity contribution < 1.29 is 14.0 Å². The Bertz CT molecular complexity index is 1010. The number of nitrogens with zero attached hydrogens (tertiary/aromatic N) is 2. The van der Waals surface area contributed by atoms with E-state index in [0.29, 0.717) is 21.9 Å². The van der Waals surface area contributed by atoms with E-state index in [4.69, 9.17) is 11.5 Å². The fourth-order valence-corrected chi connectivity index (χ4v) is 3.43. The lowest BCUT2D eigenvalue weighted by atomic mass is 10.0. The highest BCUT2D eigenvalue weighted by molar-refractivity contribution is 8.00. The predicted octanol–water partition coefficient (Wildman–Crippen LogP) is 6.59. The molecule has 6 nitrogen and oxygen atoms in total. The third-order valence-electron chi connectivity index (χ3n) is 4.26. The van der Waals surface area contributed by atoms with E-state index in [1.807, 2.05) is 40.7 Å². The number of thiol groups is 1. The Balaban J connectivity index is 0.000000581. The fraction of sp³-hybridized carbons (Fsp3) is 0.538. The summed E-state index contributed by atoms with van der Waals surface area (Å²) in [5, 5.41) is 1.00. The van der Waals surface area contributed by atoms with Crippen molar-refractivity contribution in [1.82, 2.24) is 9.97 Å². The smallest absolute Gasteiger partial charge is 0.185 e. The molecule has 9 heteroatoms. The third kappa shape index (κ3) is 11.4.